The maximum Gasteiger partial charge on any atom is -1.00 e. The van der Waals surface area contributed by atoms with Gasteiger partial charge in [-0.25, -0.2) is 0 Å². The second-order valence-corrected chi connectivity index (χ2v) is 12.4. The Bertz CT molecular complexity index is 353. The van der Waals surface area contributed by atoms with Gasteiger partial charge in [0.25, 0.3) is 0 Å². The second-order valence-electron chi connectivity index (χ2n) is 6.62. The number of halogens is 2. The van der Waals surface area contributed by atoms with Crippen LogP contribution >= 0.6 is 0 Å². The summed E-state index contributed by atoms with van der Waals surface area (Å²) >= 11 is -0.144. The fraction of sp³-hybridized carbons (Fsp3) is 0.733. The molecular weight excluding hydrogens is 341 g/mol. The Morgan fingerprint density at radius 2 is 1.25 bits per heavy atom. The first-order valence-corrected chi connectivity index (χ1v) is 11.2. The summed E-state index contributed by atoms with van der Waals surface area (Å²) in [6.07, 6.45) is 0. The molecule has 0 amide bonds. The van der Waals surface area contributed by atoms with Crippen LogP contribution in [0.25, 0.3) is 0 Å². The Labute approximate surface area is 150 Å². The first kappa shape index (κ1) is 25.9. The van der Waals surface area contributed by atoms with Crippen LogP contribution in [0.15, 0.2) is 20.6 Å². The van der Waals surface area contributed by atoms with Gasteiger partial charge in [-0.1, -0.05) is 0 Å². The Morgan fingerprint density at radius 3 is 1.50 bits per heavy atom. The maximum absolute atomic E-state index is 2.82. The van der Waals surface area contributed by atoms with Gasteiger partial charge in [-0.2, -0.15) is 0 Å². The van der Waals surface area contributed by atoms with Gasteiger partial charge in [0.15, 0.2) is 0 Å². The van der Waals surface area contributed by atoms with E-state index in [1.165, 1.54) is 16.7 Å². The van der Waals surface area contributed by atoms with Crippen LogP contribution in [0, 0.1) is 0 Å². The van der Waals surface area contributed by atoms with Gasteiger partial charge in [-0.3, -0.25) is 0 Å². The normalized spacial score (nSPS) is 12.2. The fourth-order valence-electron chi connectivity index (χ4n) is 1.99. The molecule has 0 aromatic rings. The monoisotopic (exact) mass is 371 g/mol. The zero-order chi connectivity index (χ0) is 14.7. The average Bonchev–Trinajstić information content (AvgIpc) is 2.20. The third-order valence-corrected chi connectivity index (χ3v) is 10.7. The van der Waals surface area contributed by atoms with Crippen molar-refractivity contribution in [1.29, 1.82) is 0 Å². The van der Waals surface area contributed by atoms with E-state index in [1.807, 2.05) is 0 Å². The van der Waals surface area contributed by atoms with E-state index >= 15 is 0 Å². The molecule has 118 valence electrons. The molecule has 1 nitrogen and oxygen atoms in total. The molecule has 0 fully saturated rings. The summed E-state index contributed by atoms with van der Waals surface area (Å²) in [5, 5.41) is 0. The van der Waals surface area contributed by atoms with E-state index in [-0.39, 0.29) is 44.2 Å². The molecule has 0 aliphatic heterocycles. The third-order valence-electron chi connectivity index (χ3n) is 3.40. The minimum absolute atomic E-state index is 0. The van der Waals surface area contributed by atoms with E-state index in [2.05, 4.69) is 71.5 Å². The van der Waals surface area contributed by atoms with Crippen LogP contribution in [-0.2, 0) is 19.4 Å². The van der Waals surface area contributed by atoms with Crippen molar-refractivity contribution in [3.8, 4) is 0 Å². The van der Waals surface area contributed by atoms with Crippen LogP contribution in [0.1, 0.15) is 55.4 Å². The molecule has 0 saturated heterocycles. The van der Waals surface area contributed by atoms with Crippen molar-refractivity contribution in [1.82, 2.24) is 3.05 Å². The first-order valence-electron chi connectivity index (χ1n) is 6.86. The van der Waals surface area contributed by atoms with E-state index in [0.717, 1.165) is 0 Å². The quantitative estimate of drug-likeness (QED) is 0.439. The zero-order valence-corrected chi connectivity index (χ0v) is 19.0. The molecule has 0 saturated carbocycles. The summed E-state index contributed by atoms with van der Waals surface area (Å²) in [6.45, 7) is 23.3. The summed E-state index contributed by atoms with van der Waals surface area (Å²) in [4.78, 5) is 0. The van der Waals surface area contributed by atoms with Crippen molar-refractivity contribution < 1.29 is 44.2 Å². The first-order chi connectivity index (χ1) is 7.98. The van der Waals surface area contributed by atoms with Crippen molar-refractivity contribution in [2.45, 2.75) is 74.0 Å². The topological polar surface area (TPSA) is 3.24 Å². The Balaban J connectivity index is -0.00000144. The number of nitrogens with zero attached hydrogens (tertiary/aromatic N) is 1. The Morgan fingerprint density at radius 1 is 0.850 bits per heavy atom. The molecule has 0 aliphatic carbocycles. The van der Waals surface area contributed by atoms with Gasteiger partial charge < -0.3 is 24.8 Å². The van der Waals surface area contributed by atoms with E-state index in [0.29, 0.717) is 5.54 Å². The van der Waals surface area contributed by atoms with Crippen LogP contribution in [-0.4, -0.2) is 17.5 Å². The summed E-state index contributed by atoms with van der Waals surface area (Å²) in [7, 11) is -0.725. The van der Waals surface area contributed by atoms with Gasteiger partial charge in [-0.15, -0.1) is 0 Å². The molecule has 0 aromatic carbocycles. The van der Waals surface area contributed by atoms with Crippen LogP contribution in [0.5, 0.6) is 0 Å². The predicted octanol–water partition coefficient (Wildman–Crippen LogP) is -1.27. The Hall–Kier alpha value is 0.951. The van der Waals surface area contributed by atoms with Crippen molar-refractivity contribution in [3.05, 3.63) is 20.6 Å². The number of rotatable bonds is 4. The van der Waals surface area contributed by atoms with Crippen LogP contribution in [0.2, 0.25) is 13.1 Å². The van der Waals surface area contributed by atoms with Gasteiger partial charge >= 0.3 is 126 Å². The van der Waals surface area contributed by atoms with Crippen LogP contribution < -0.4 is 24.8 Å². The second kappa shape index (κ2) is 10.6. The molecule has 0 radical (unpaired) electrons. The molecule has 20 heavy (non-hydrogen) atoms. The molecule has 0 aliphatic rings. The van der Waals surface area contributed by atoms with Crippen molar-refractivity contribution in [3.63, 3.8) is 0 Å². The van der Waals surface area contributed by atoms with Gasteiger partial charge in [0, 0.05) is 0 Å². The summed E-state index contributed by atoms with van der Waals surface area (Å²) < 4.78 is 4.47. The third kappa shape index (κ3) is 8.41. The van der Waals surface area contributed by atoms with Crippen molar-refractivity contribution >= 4 is 8.96 Å². The van der Waals surface area contributed by atoms with E-state index < -0.39 is 8.96 Å². The molecule has 0 rings (SSSR count). The standard InChI is InChI=1S/C9H15.C6H16NSi.2ClH.Ti/c1-6-8(4)9(5)7(2)3;1-6(2,3)7-8(4)5;;;/h1-5H3;8H,1-5H3;2*1H;/q;-1;;;+3/p-2. The van der Waals surface area contributed by atoms with Gasteiger partial charge in [0.2, 0.25) is 0 Å². The maximum atomic E-state index is 2.82. The molecule has 5 heteroatoms. The molecule has 0 heterocycles. The van der Waals surface area contributed by atoms with Crippen LogP contribution in [0.4, 0.5) is 0 Å². The van der Waals surface area contributed by atoms with E-state index in [4.69, 9.17) is 0 Å². The van der Waals surface area contributed by atoms with Crippen molar-refractivity contribution in [2.24, 2.45) is 0 Å². The van der Waals surface area contributed by atoms with Gasteiger partial charge in [0.05, 0.1) is 0 Å². The molecular formula is C15H31Cl2NSiTi. The molecule has 0 aromatic heterocycles. The van der Waals surface area contributed by atoms with Crippen molar-refractivity contribution in [2.75, 3.05) is 0 Å². The minimum atomic E-state index is -0.725. The smallest absolute Gasteiger partial charge is 1.00 e. The Kier molecular flexibility index (Phi) is 13.8. The largest absolute Gasteiger partial charge is 1.00 e. The number of hydrogen-bond donors (Lipinski definition) is 0. The number of hydrogen-bond acceptors (Lipinski definition) is 1. The van der Waals surface area contributed by atoms with Crippen LogP contribution in [0.3, 0.4) is 0 Å². The van der Waals surface area contributed by atoms with Gasteiger partial charge in [-0.05, 0) is 0 Å². The molecule has 0 atom stereocenters. The summed E-state index contributed by atoms with van der Waals surface area (Å²) in [5.74, 6) is 0. The zero-order valence-electron chi connectivity index (χ0n) is 14.8. The fourth-order valence-corrected chi connectivity index (χ4v) is 7.45. The molecule has 0 spiro atoms. The molecule has 0 unspecified atom stereocenters. The van der Waals surface area contributed by atoms with E-state index in [1.54, 1.807) is 3.88 Å². The van der Waals surface area contributed by atoms with E-state index in [9.17, 15) is 0 Å². The summed E-state index contributed by atoms with van der Waals surface area (Å²) in [6, 6.07) is 0. The van der Waals surface area contributed by atoms with Gasteiger partial charge in [0.1, 0.15) is 0 Å². The summed E-state index contributed by atoms with van der Waals surface area (Å²) in [5.41, 5.74) is 4.79. The molecule has 0 N–H and O–H groups in total. The average molecular weight is 372 g/mol. The number of allylic oxidation sites excluding steroid dienone is 4. The molecule has 0 bridgehead atoms. The SMILES string of the molecule is CC(C)=C(C)C(C)=[C](C)[Ti+2][N]([SiH](C)C)C(C)(C)C.[Cl-].[Cl-]. The predicted molar refractivity (Wildman–Crippen MR) is 82.9 cm³/mol. The minimum Gasteiger partial charge on any atom is -1.00 e.